The Kier molecular flexibility index (Phi) is 12.6. The first kappa shape index (κ1) is 40.0. The first-order chi connectivity index (χ1) is 29.6. The molecule has 0 saturated heterocycles. The molecule has 0 heterocycles. The lowest BCUT2D eigenvalue weighted by atomic mass is 9.92. The van der Waals surface area contributed by atoms with Gasteiger partial charge in [0.2, 0.25) is 0 Å². The Morgan fingerprint density at radius 2 is 0.533 bits per heavy atom. The van der Waals surface area contributed by atoms with Crippen LogP contribution >= 0.6 is 15.8 Å². The molecule has 16 rings (SSSR count). The highest BCUT2D eigenvalue weighted by Gasteiger charge is 2.23. The van der Waals surface area contributed by atoms with Crippen molar-refractivity contribution in [3.63, 3.8) is 0 Å². The number of hydrogen-bond acceptors (Lipinski definition) is 0. The van der Waals surface area contributed by atoms with Crippen molar-refractivity contribution in [1.29, 1.82) is 0 Å². The molecular formula is C58H54P2. The Labute approximate surface area is 360 Å². The van der Waals surface area contributed by atoms with Gasteiger partial charge in [0.25, 0.3) is 0 Å². The van der Waals surface area contributed by atoms with E-state index in [9.17, 15) is 0 Å². The summed E-state index contributed by atoms with van der Waals surface area (Å²) in [5.41, 5.74) is 14.7. The van der Waals surface area contributed by atoms with Crippen LogP contribution in [0.25, 0.3) is 0 Å². The smallest absolute Gasteiger partial charge is 0.0116 e. The van der Waals surface area contributed by atoms with Crippen molar-refractivity contribution in [1.82, 2.24) is 0 Å². The molecule has 0 spiro atoms. The number of aryl methyl sites for hydroxylation is 10. The molecule has 0 amide bonds. The summed E-state index contributed by atoms with van der Waals surface area (Å²) in [5.74, 6) is 0. The first-order valence-electron chi connectivity index (χ1n) is 21.8. The van der Waals surface area contributed by atoms with Crippen LogP contribution in [0.5, 0.6) is 0 Å². The SMILES string of the molecule is Cc1cc2ccc1CCc1ccc(c(C)c1)CC2.c1ccc(P(c2ccccc2)c2cc3ccc2CCc2ccc(c(P(c4ccccc4)c4ccccc4)c2)CC3)cc1. The summed E-state index contributed by atoms with van der Waals surface area (Å²) in [6.07, 6.45) is 8.79. The third-order valence-electron chi connectivity index (χ3n) is 12.4. The normalized spacial score (nSPS) is 13.3. The van der Waals surface area contributed by atoms with Crippen molar-refractivity contribution in [3.05, 3.63) is 250 Å². The van der Waals surface area contributed by atoms with E-state index in [1.807, 2.05) is 0 Å². The van der Waals surface area contributed by atoms with Gasteiger partial charge in [-0.2, -0.15) is 0 Å². The molecule has 0 fully saturated rings. The second-order valence-electron chi connectivity index (χ2n) is 16.5. The Balaban J connectivity index is 0.000000214. The lowest BCUT2D eigenvalue weighted by Gasteiger charge is -2.26. The predicted molar refractivity (Wildman–Crippen MR) is 262 cm³/mol. The van der Waals surface area contributed by atoms with Crippen molar-refractivity contribution < 1.29 is 0 Å². The van der Waals surface area contributed by atoms with Crippen LogP contribution in [0.4, 0.5) is 0 Å². The van der Waals surface area contributed by atoms with E-state index in [1.54, 1.807) is 0 Å². The highest BCUT2D eigenvalue weighted by Crippen LogP contribution is 2.37. The predicted octanol–water partition coefficient (Wildman–Crippen LogP) is 11.3. The van der Waals surface area contributed by atoms with Gasteiger partial charge in [0.1, 0.15) is 0 Å². The van der Waals surface area contributed by atoms with Crippen molar-refractivity contribution >= 4 is 47.7 Å². The summed E-state index contributed by atoms with van der Waals surface area (Å²) in [4.78, 5) is 0. The molecule has 8 aromatic carbocycles. The zero-order chi connectivity index (χ0) is 40.7. The van der Waals surface area contributed by atoms with Crippen LogP contribution in [0.2, 0.25) is 0 Å². The van der Waals surface area contributed by atoms with Gasteiger partial charge in [-0.1, -0.05) is 194 Å². The van der Waals surface area contributed by atoms with E-state index in [0.717, 1.165) is 51.4 Å². The maximum absolute atomic E-state index is 2.55. The molecule has 296 valence electrons. The van der Waals surface area contributed by atoms with Gasteiger partial charge < -0.3 is 0 Å². The first-order valence-corrected chi connectivity index (χ1v) is 24.4. The average molecular weight is 813 g/mol. The molecule has 0 aromatic heterocycles. The van der Waals surface area contributed by atoms with E-state index in [0.29, 0.717) is 0 Å². The summed E-state index contributed by atoms with van der Waals surface area (Å²) in [5, 5.41) is 8.73. The Morgan fingerprint density at radius 3 is 0.833 bits per heavy atom. The molecule has 0 N–H and O–H groups in total. The fourth-order valence-corrected chi connectivity index (χ4v) is 14.2. The Hall–Kier alpha value is -5.38. The fraction of sp³-hybridized carbons (Fsp3) is 0.172. The third kappa shape index (κ3) is 9.33. The Morgan fingerprint density at radius 1 is 0.267 bits per heavy atom. The number of rotatable bonds is 6. The quantitative estimate of drug-likeness (QED) is 0.147. The lowest BCUT2D eigenvalue weighted by molar-refractivity contribution is 0.904. The molecule has 2 heteroatoms. The maximum atomic E-state index is 2.55. The molecule has 8 bridgehead atoms. The summed E-state index contributed by atoms with van der Waals surface area (Å²) in [6.45, 7) is 4.50. The van der Waals surface area contributed by atoms with E-state index in [4.69, 9.17) is 0 Å². The van der Waals surface area contributed by atoms with Gasteiger partial charge in [-0.3, -0.25) is 0 Å². The van der Waals surface area contributed by atoms with Crippen molar-refractivity contribution in [3.8, 4) is 0 Å². The number of benzene rings is 8. The van der Waals surface area contributed by atoms with Gasteiger partial charge in [0.15, 0.2) is 0 Å². The lowest BCUT2D eigenvalue weighted by Crippen LogP contribution is -2.26. The molecule has 0 radical (unpaired) electrons. The summed E-state index contributed by atoms with van der Waals surface area (Å²) >= 11 is 0. The zero-order valence-corrected chi connectivity index (χ0v) is 36.8. The summed E-state index contributed by atoms with van der Waals surface area (Å²) in [7, 11) is -1.26. The van der Waals surface area contributed by atoms with Gasteiger partial charge in [0, 0.05) is 0 Å². The van der Waals surface area contributed by atoms with E-state index in [1.165, 1.54) is 87.5 Å². The molecule has 8 aromatic rings. The van der Waals surface area contributed by atoms with Crippen molar-refractivity contribution in [2.45, 2.75) is 65.2 Å². The minimum Gasteiger partial charge on any atom is -0.0622 e. The van der Waals surface area contributed by atoms with Crippen LogP contribution in [0, 0.1) is 13.8 Å². The molecule has 0 aliphatic heterocycles. The number of hydrogen-bond donors (Lipinski definition) is 0. The van der Waals surface area contributed by atoms with Crippen LogP contribution in [0.15, 0.2) is 194 Å². The topological polar surface area (TPSA) is 0 Å². The van der Waals surface area contributed by atoms with E-state index in [-0.39, 0.29) is 0 Å². The fourth-order valence-electron chi connectivity index (χ4n) is 9.04. The molecule has 8 aliphatic carbocycles. The van der Waals surface area contributed by atoms with Crippen LogP contribution in [-0.4, -0.2) is 0 Å². The highest BCUT2D eigenvalue weighted by molar-refractivity contribution is 7.80. The van der Waals surface area contributed by atoms with Gasteiger partial charge in [-0.15, -0.1) is 0 Å². The highest BCUT2D eigenvalue weighted by atomic mass is 31.1. The van der Waals surface area contributed by atoms with Gasteiger partial charge in [0.05, 0.1) is 0 Å². The van der Waals surface area contributed by atoms with E-state index < -0.39 is 15.8 Å². The molecular weight excluding hydrogens is 759 g/mol. The van der Waals surface area contributed by atoms with Gasteiger partial charge in [-0.05, 0) is 169 Å². The second-order valence-corrected chi connectivity index (χ2v) is 20.8. The second kappa shape index (κ2) is 18.9. The maximum Gasteiger partial charge on any atom is -0.0116 e. The van der Waals surface area contributed by atoms with Crippen molar-refractivity contribution in [2.24, 2.45) is 0 Å². The minimum atomic E-state index is -0.630. The average Bonchev–Trinajstić information content (AvgIpc) is 3.28. The summed E-state index contributed by atoms with van der Waals surface area (Å²) in [6, 6.07) is 73.4. The monoisotopic (exact) mass is 812 g/mol. The zero-order valence-electron chi connectivity index (χ0n) is 35.0. The van der Waals surface area contributed by atoms with Gasteiger partial charge in [-0.25, -0.2) is 0 Å². The standard InChI is InChI=1S/C40H34P2.C18H20/c1-5-13-35(14-6-1)41(36-15-7-2-8-16-36)39-29-31-21-25-33(39)27-23-32-22-26-34(28-24-31)40(30-32)42(37-17-9-3-10-18-37)38-19-11-4-12-20-38;1-13-11-15-3-7-17(13)9-5-16-4-8-18(10-6-15)14(2)12-16/h1-22,25-26,29-30H,23-24,27-28H2;3-4,7-8,11-12H,5-6,9-10H2,1-2H3. The van der Waals surface area contributed by atoms with Crippen molar-refractivity contribution in [2.75, 3.05) is 0 Å². The van der Waals surface area contributed by atoms with E-state index >= 15 is 0 Å². The molecule has 0 saturated carbocycles. The van der Waals surface area contributed by atoms with Crippen LogP contribution in [-0.2, 0) is 51.4 Å². The summed E-state index contributed by atoms with van der Waals surface area (Å²) < 4.78 is 0. The molecule has 8 aliphatic rings. The Bertz CT molecular complexity index is 2400. The molecule has 0 atom stereocenters. The van der Waals surface area contributed by atoms with Crippen LogP contribution in [0.3, 0.4) is 0 Å². The minimum absolute atomic E-state index is 0.630. The largest absolute Gasteiger partial charge is 0.0622 e. The molecule has 60 heavy (non-hydrogen) atoms. The van der Waals surface area contributed by atoms with E-state index in [2.05, 4.69) is 208 Å². The van der Waals surface area contributed by atoms with Gasteiger partial charge >= 0.3 is 0 Å². The molecule has 0 unspecified atom stereocenters. The van der Waals surface area contributed by atoms with Crippen LogP contribution < -0.4 is 31.8 Å². The van der Waals surface area contributed by atoms with Crippen LogP contribution in [0.1, 0.15) is 55.6 Å². The molecule has 0 nitrogen and oxygen atoms in total. The third-order valence-corrected chi connectivity index (χ3v) is 17.4.